The van der Waals surface area contributed by atoms with Crippen molar-refractivity contribution < 1.29 is 20.4 Å². The summed E-state index contributed by atoms with van der Waals surface area (Å²) >= 11 is 0. The van der Waals surface area contributed by atoms with Crippen molar-refractivity contribution in [1.29, 1.82) is 0 Å². The molecule has 1 atom stereocenters. The Morgan fingerprint density at radius 3 is 2.55 bits per heavy atom. The zero-order valence-corrected chi connectivity index (χ0v) is 10.2. The van der Waals surface area contributed by atoms with Gasteiger partial charge in [-0.3, -0.25) is 0 Å². The number of nitrogens with zero attached hydrogens (tertiary/aromatic N) is 1. The van der Waals surface area contributed by atoms with Crippen molar-refractivity contribution >= 4 is 0 Å². The fourth-order valence-electron chi connectivity index (χ4n) is 1.65. The van der Waals surface area contributed by atoms with E-state index in [1.807, 2.05) is 0 Å². The molecule has 1 heterocycles. The first-order valence-electron chi connectivity index (χ1n) is 4.44. The monoisotopic (exact) mass is 327 g/mol. The summed E-state index contributed by atoms with van der Waals surface area (Å²) in [6.07, 6.45) is 4.06. The average molecular weight is 326 g/mol. The predicted molar refractivity (Wildman–Crippen MR) is 45.3 cm³/mol. The Balaban J connectivity index is 0.000001000. The van der Waals surface area contributed by atoms with Crippen molar-refractivity contribution in [2.45, 2.75) is 33.1 Å². The van der Waals surface area contributed by atoms with Gasteiger partial charge in [-0.15, -0.1) is 13.1 Å². The molecule has 0 bridgehead atoms. The first-order chi connectivity index (χ1) is 4.80. The molecule has 1 nitrogen and oxygen atoms in total. The fraction of sp³-hybridized carbons (Fsp3) is 1.00. The van der Waals surface area contributed by atoms with Crippen molar-refractivity contribution in [1.82, 2.24) is 0 Å². The summed E-state index contributed by atoms with van der Waals surface area (Å²) in [6.45, 7) is 6.89. The van der Waals surface area contributed by atoms with Crippen LogP contribution in [0.1, 0.15) is 33.1 Å². The Hall–Kier alpha value is 0.622. The van der Waals surface area contributed by atoms with E-state index in [1.54, 1.807) is 0 Å². The van der Waals surface area contributed by atoms with E-state index in [2.05, 4.69) is 19.2 Å². The average Bonchev–Trinajstić information content (AvgIpc) is 2.12. The van der Waals surface area contributed by atoms with Crippen LogP contribution in [0.5, 0.6) is 0 Å². The summed E-state index contributed by atoms with van der Waals surface area (Å²) in [5.74, 6) is 1.82. The molecular weight excluding hydrogens is 308 g/mol. The van der Waals surface area contributed by atoms with E-state index >= 15 is 0 Å². The van der Waals surface area contributed by atoms with Crippen molar-refractivity contribution in [3.63, 3.8) is 0 Å². The molecule has 0 N–H and O–H groups in total. The summed E-state index contributed by atoms with van der Waals surface area (Å²) < 4.78 is 0. The molecule has 0 aromatic rings. The Labute approximate surface area is 84.0 Å². The van der Waals surface area contributed by atoms with Crippen LogP contribution in [0.15, 0.2) is 0 Å². The molecule has 2 heteroatoms. The summed E-state index contributed by atoms with van der Waals surface area (Å²) in [5.41, 5.74) is 0. The second-order valence-corrected chi connectivity index (χ2v) is 3.61. The van der Waals surface area contributed by atoms with E-state index in [-0.39, 0.29) is 20.4 Å². The van der Waals surface area contributed by atoms with Gasteiger partial charge < -0.3 is 5.32 Å². The summed E-state index contributed by atoms with van der Waals surface area (Å²) in [7, 11) is 0. The summed E-state index contributed by atoms with van der Waals surface area (Å²) in [5, 5.41) is 4.40. The third-order valence-electron chi connectivity index (χ3n) is 2.49. The van der Waals surface area contributed by atoms with Crippen LogP contribution in [-0.4, -0.2) is 13.1 Å². The second kappa shape index (κ2) is 6.17. The second-order valence-electron chi connectivity index (χ2n) is 3.61. The van der Waals surface area contributed by atoms with E-state index in [0.717, 1.165) is 24.9 Å². The predicted octanol–water partition coefficient (Wildman–Crippen LogP) is 2.81. The Bertz CT molecular complexity index is 85.6. The molecule has 1 unspecified atom stereocenters. The molecule has 0 aromatic carbocycles. The van der Waals surface area contributed by atoms with Gasteiger partial charge in [0, 0.05) is 20.4 Å². The van der Waals surface area contributed by atoms with Gasteiger partial charge in [0.05, 0.1) is 0 Å². The van der Waals surface area contributed by atoms with Gasteiger partial charge >= 0.3 is 0 Å². The molecule has 1 radical (unpaired) electrons. The van der Waals surface area contributed by atoms with Crippen molar-refractivity contribution in [3.8, 4) is 0 Å². The van der Waals surface area contributed by atoms with Gasteiger partial charge in [-0.1, -0.05) is 33.1 Å². The topological polar surface area (TPSA) is 14.1 Å². The minimum atomic E-state index is 0. The maximum Gasteiger partial charge on any atom is 0 e. The molecule has 0 aromatic heterocycles. The van der Waals surface area contributed by atoms with E-state index < -0.39 is 0 Å². The molecule has 0 aliphatic carbocycles. The largest absolute Gasteiger partial charge is 0.662 e. The Morgan fingerprint density at radius 2 is 1.91 bits per heavy atom. The van der Waals surface area contributed by atoms with Crippen LogP contribution in [-0.2, 0) is 20.4 Å². The molecule has 11 heavy (non-hydrogen) atoms. The van der Waals surface area contributed by atoms with Crippen molar-refractivity contribution in [2.24, 2.45) is 11.8 Å². The zero-order valence-electron chi connectivity index (χ0n) is 7.52. The molecular formula is C9H18NRe-. The minimum absolute atomic E-state index is 0. The molecule has 1 aliphatic rings. The van der Waals surface area contributed by atoms with Crippen LogP contribution in [0.25, 0.3) is 5.32 Å². The quantitative estimate of drug-likeness (QED) is 0.703. The molecule has 0 amide bonds. The van der Waals surface area contributed by atoms with E-state index in [1.165, 1.54) is 19.3 Å². The van der Waals surface area contributed by atoms with Crippen LogP contribution in [0, 0.1) is 11.8 Å². The summed E-state index contributed by atoms with van der Waals surface area (Å²) in [4.78, 5) is 0. The van der Waals surface area contributed by atoms with Gasteiger partial charge in [0.2, 0.25) is 0 Å². The summed E-state index contributed by atoms with van der Waals surface area (Å²) in [6, 6.07) is 0. The smallest absolute Gasteiger partial charge is 0 e. The van der Waals surface area contributed by atoms with Gasteiger partial charge in [0.1, 0.15) is 0 Å². The number of hydrogen-bond donors (Lipinski definition) is 0. The molecule has 1 rings (SSSR count). The molecule has 0 spiro atoms. The van der Waals surface area contributed by atoms with Gasteiger partial charge in [0.15, 0.2) is 0 Å². The number of hydrogen-bond acceptors (Lipinski definition) is 0. The van der Waals surface area contributed by atoms with Crippen LogP contribution < -0.4 is 0 Å². The standard InChI is InChI=1S/C9H18N.Re/c1-8(2)9-4-3-6-10-7-5-9;/h8-9H,3-7H2,1-2H3;/q-1;. The first-order valence-corrected chi connectivity index (χ1v) is 4.44. The maximum atomic E-state index is 4.40. The van der Waals surface area contributed by atoms with Gasteiger partial charge in [-0.05, 0) is 11.8 Å². The van der Waals surface area contributed by atoms with Gasteiger partial charge in [-0.2, -0.15) is 0 Å². The van der Waals surface area contributed by atoms with E-state index in [0.29, 0.717) is 0 Å². The zero-order chi connectivity index (χ0) is 7.40. The van der Waals surface area contributed by atoms with Crippen LogP contribution in [0.3, 0.4) is 0 Å². The van der Waals surface area contributed by atoms with Crippen LogP contribution >= 0.6 is 0 Å². The third kappa shape index (κ3) is 4.26. The number of rotatable bonds is 1. The SMILES string of the molecule is CC(C)C1CCC[N-]CC1.[Re]. The minimum Gasteiger partial charge on any atom is -0.662 e. The fourth-order valence-corrected chi connectivity index (χ4v) is 1.65. The molecule has 1 aliphatic heterocycles. The van der Waals surface area contributed by atoms with Crippen LogP contribution in [0.2, 0.25) is 0 Å². The Kier molecular flexibility index (Phi) is 6.52. The van der Waals surface area contributed by atoms with E-state index in [9.17, 15) is 0 Å². The molecule has 1 fully saturated rings. The van der Waals surface area contributed by atoms with Crippen molar-refractivity contribution in [3.05, 3.63) is 5.32 Å². The molecule has 67 valence electrons. The van der Waals surface area contributed by atoms with E-state index in [4.69, 9.17) is 0 Å². The molecule has 1 saturated heterocycles. The maximum absolute atomic E-state index is 4.40. The van der Waals surface area contributed by atoms with Crippen molar-refractivity contribution in [2.75, 3.05) is 13.1 Å². The first kappa shape index (κ1) is 11.6. The normalized spacial score (nSPS) is 25.9. The molecule has 0 saturated carbocycles. The van der Waals surface area contributed by atoms with Gasteiger partial charge in [0.25, 0.3) is 0 Å². The van der Waals surface area contributed by atoms with Crippen LogP contribution in [0.4, 0.5) is 0 Å². The van der Waals surface area contributed by atoms with Gasteiger partial charge in [-0.25, -0.2) is 0 Å². The third-order valence-corrected chi connectivity index (χ3v) is 2.49. The Morgan fingerprint density at radius 1 is 1.18 bits per heavy atom.